The summed E-state index contributed by atoms with van der Waals surface area (Å²) in [5.41, 5.74) is 3.80. The lowest BCUT2D eigenvalue weighted by molar-refractivity contribution is -0.116. The molecule has 230 valence electrons. The van der Waals surface area contributed by atoms with Gasteiger partial charge in [-0.1, -0.05) is 61.0 Å². The maximum Gasteiger partial charge on any atom is 0.338 e. The maximum absolute atomic E-state index is 13.5. The van der Waals surface area contributed by atoms with E-state index in [2.05, 4.69) is 16.0 Å². The molecule has 0 aliphatic carbocycles. The van der Waals surface area contributed by atoms with Gasteiger partial charge in [0.2, 0.25) is 5.91 Å². The van der Waals surface area contributed by atoms with E-state index in [1.807, 2.05) is 50.2 Å². The summed E-state index contributed by atoms with van der Waals surface area (Å²) < 4.78 is 5.01. The number of nitrogens with one attached hydrogen (secondary N) is 3. The number of hydrogen-bond donors (Lipinski definition) is 3. The fourth-order valence-corrected chi connectivity index (χ4v) is 5.34. The fraction of sp³-hybridized carbons (Fsp3) is 0.167. The summed E-state index contributed by atoms with van der Waals surface area (Å²) in [5.74, 6) is -1.49. The normalized spacial score (nSPS) is 11.7. The van der Waals surface area contributed by atoms with Crippen molar-refractivity contribution in [3.05, 3.63) is 131 Å². The van der Waals surface area contributed by atoms with Gasteiger partial charge in [0.25, 0.3) is 11.8 Å². The first kappa shape index (κ1) is 32.8. The van der Waals surface area contributed by atoms with Crippen LogP contribution in [0.3, 0.4) is 0 Å². The van der Waals surface area contributed by atoms with E-state index in [4.69, 9.17) is 4.74 Å². The van der Waals surface area contributed by atoms with Crippen molar-refractivity contribution in [1.29, 1.82) is 0 Å². The third-order valence-electron chi connectivity index (χ3n) is 6.58. The number of carbonyl (C=O) groups excluding carboxylic acids is 4. The van der Waals surface area contributed by atoms with Crippen LogP contribution in [0, 0.1) is 6.92 Å². The molecule has 4 aromatic carbocycles. The molecule has 8 nitrogen and oxygen atoms in total. The van der Waals surface area contributed by atoms with Crippen molar-refractivity contribution in [3.63, 3.8) is 0 Å². The van der Waals surface area contributed by atoms with Gasteiger partial charge in [-0.05, 0) is 86.5 Å². The van der Waals surface area contributed by atoms with Crippen LogP contribution in [0.4, 0.5) is 11.4 Å². The average Bonchev–Trinajstić information content (AvgIpc) is 3.04. The van der Waals surface area contributed by atoms with Gasteiger partial charge >= 0.3 is 5.97 Å². The van der Waals surface area contributed by atoms with E-state index in [0.717, 1.165) is 16.0 Å². The van der Waals surface area contributed by atoms with Gasteiger partial charge in [-0.2, -0.15) is 0 Å². The summed E-state index contributed by atoms with van der Waals surface area (Å²) in [6.45, 7) is 5.90. The fourth-order valence-electron chi connectivity index (χ4n) is 4.33. The summed E-state index contributed by atoms with van der Waals surface area (Å²) >= 11 is 1.37. The molecule has 9 heteroatoms. The minimum absolute atomic E-state index is 0.0901. The largest absolute Gasteiger partial charge is 0.462 e. The van der Waals surface area contributed by atoms with Crippen LogP contribution < -0.4 is 16.0 Å². The third kappa shape index (κ3) is 9.67. The molecule has 4 aromatic rings. The Morgan fingerprint density at radius 2 is 1.51 bits per heavy atom. The molecule has 0 heterocycles. The minimum atomic E-state index is -0.487. The van der Waals surface area contributed by atoms with Crippen LogP contribution in [0.25, 0.3) is 6.08 Å². The highest BCUT2D eigenvalue weighted by molar-refractivity contribution is 8.00. The summed E-state index contributed by atoms with van der Waals surface area (Å²) in [5, 5.41) is 8.13. The first-order valence-electron chi connectivity index (χ1n) is 14.6. The maximum atomic E-state index is 13.5. The second kappa shape index (κ2) is 16.1. The number of amides is 3. The smallest absolute Gasteiger partial charge is 0.338 e. The van der Waals surface area contributed by atoms with E-state index in [0.29, 0.717) is 28.9 Å². The van der Waals surface area contributed by atoms with Gasteiger partial charge in [-0.25, -0.2) is 4.79 Å². The first-order chi connectivity index (χ1) is 21.7. The Morgan fingerprint density at radius 1 is 0.778 bits per heavy atom. The lowest BCUT2D eigenvalue weighted by atomic mass is 10.1. The average molecular weight is 622 g/mol. The van der Waals surface area contributed by atoms with Crippen molar-refractivity contribution in [3.8, 4) is 0 Å². The molecule has 0 radical (unpaired) electrons. The second-order valence-corrected chi connectivity index (χ2v) is 11.4. The lowest BCUT2D eigenvalue weighted by Crippen LogP contribution is -2.30. The molecule has 4 rings (SSSR count). The number of rotatable bonds is 12. The Labute approximate surface area is 267 Å². The van der Waals surface area contributed by atoms with Crippen molar-refractivity contribution in [2.24, 2.45) is 0 Å². The highest BCUT2D eigenvalue weighted by Crippen LogP contribution is 2.29. The van der Waals surface area contributed by atoms with Gasteiger partial charge in [0.05, 0.1) is 17.4 Å². The van der Waals surface area contributed by atoms with E-state index in [9.17, 15) is 19.2 Å². The quantitative estimate of drug-likeness (QED) is 0.0884. The van der Waals surface area contributed by atoms with Crippen LogP contribution in [0.5, 0.6) is 0 Å². The van der Waals surface area contributed by atoms with Crippen LogP contribution in [-0.4, -0.2) is 35.5 Å². The van der Waals surface area contributed by atoms with E-state index in [1.165, 1.54) is 11.8 Å². The van der Waals surface area contributed by atoms with Crippen molar-refractivity contribution in [1.82, 2.24) is 5.32 Å². The summed E-state index contributed by atoms with van der Waals surface area (Å²) in [4.78, 5) is 52.2. The van der Waals surface area contributed by atoms with Gasteiger partial charge in [-0.3, -0.25) is 14.4 Å². The van der Waals surface area contributed by atoms with Gasteiger partial charge in [0, 0.05) is 21.8 Å². The molecular weight excluding hydrogens is 586 g/mol. The van der Waals surface area contributed by atoms with Gasteiger partial charge < -0.3 is 20.7 Å². The lowest BCUT2D eigenvalue weighted by Gasteiger charge is -2.16. The minimum Gasteiger partial charge on any atom is -0.462 e. The number of thioether (sulfide) groups is 1. The number of benzene rings is 4. The standard InChI is InChI=1S/C36H35N3O5S/c1-4-32(35(42)37-28-19-17-27(18-20-28)36(43)44-5-2)45-30-16-10-15-29(23-30)38-34(41)31(22-25-12-9-11-24(3)21-25)39-33(40)26-13-7-6-8-14-26/h6-23,32H,4-5H2,1-3H3,(H,37,42)(H,38,41)(H,39,40)/b31-22+. The van der Waals surface area contributed by atoms with Gasteiger partial charge in [0.1, 0.15) is 5.70 Å². The molecule has 0 bridgehead atoms. The van der Waals surface area contributed by atoms with Crippen molar-refractivity contribution in [2.45, 2.75) is 37.3 Å². The van der Waals surface area contributed by atoms with Gasteiger partial charge in [-0.15, -0.1) is 11.8 Å². The number of esters is 1. The van der Waals surface area contributed by atoms with Crippen LogP contribution in [0.1, 0.15) is 52.1 Å². The molecule has 0 aliphatic heterocycles. The molecule has 1 unspecified atom stereocenters. The Hall–Kier alpha value is -5.15. The molecule has 0 spiro atoms. The summed E-state index contributed by atoms with van der Waals surface area (Å²) in [7, 11) is 0. The Bertz CT molecular complexity index is 1690. The highest BCUT2D eigenvalue weighted by Gasteiger charge is 2.20. The monoisotopic (exact) mass is 621 g/mol. The highest BCUT2D eigenvalue weighted by atomic mass is 32.2. The number of anilines is 2. The van der Waals surface area contributed by atoms with Crippen LogP contribution in [-0.2, 0) is 14.3 Å². The van der Waals surface area contributed by atoms with Crippen molar-refractivity contribution in [2.75, 3.05) is 17.2 Å². The molecule has 0 fully saturated rings. The molecule has 0 saturated carbocycles. The topological polar surface area (TPSA) is 114 Å². The number of aryl methyl sites for hydroxylation is 1. The Morgan fingerprint density at radius 3 is 2.20 bits per heavy atom. The Balaban J connectivity index is 1.46. The molecular formula is C36H35N3O5S. The van der Waals surface area contributed by atoms with Crippen molar-refractivity contribution >= 4 is 52.9 Å². The van der Waals surface area contributed by atoms with E-state index >= 15 is 0 Å². The number of carbonyl (C=O) groups is 4. The second-order valence-electron chi connectivity index (χ2n) is 10.1. The zero-order chi connectivity index (χ0) is 32.2. The molecule has 0 aliphatic rings. The van der Waals surface area contributed by atoms with Crippen molar-refractivity contribution < 1.29 is 23.9 Å². The summed E-state index contributed by atoms with van der Waals surface area (Å²) in [6, 6.07) is 30.0. The molecule has 1 atom stereocenters. The number of hydrogen-bond acceptors (Lipinski definition) is 6. The predicted octanol–water partition coefficient (Wildman–Crippen LogP) is 7.09. The molecule has 0 saturated heterocycles. The molecule has 0 aromatic heterocycles. The Kier molecular flexibility index (Phi) is 11.7. The van der Waals surface area contributed by atoms with E-state index in [-0.39, 0.29) is 18.2 Å². The zero-order valence-corrected chi connectivity index (χ0v) is 26.1. The first-order valence-corrected chi connectivity index (χ1v) is 15.4. The number of ether oxygens (including phenoxy) is 1. The molecule has 3 amide bonds. The van der Waals surface area contributed by atoms with Crippen LogP contribution in [0.15, 0.2) is 114 Å². The SMILES string of the molecule is CCOC(=O)c1ccc(NC(=O)C(CC)Sc2cccc(NC(=O)/C(=C\c3cccc(C)c3)NC(=O)c3ccccc3)c2)cc1. The molecule has 45 heavy (non-hydrogen) atoms. The van der Waals surface area contributed by atoms with Crippen LogP contribution in [0.2, 0.25) is 0 Å². The predicted molar refractivity (Wildman–Crippen MR) is 179 cm³/mol. The zero-order valence-electron chi connectivity index (χ0n) is 25.3. The van der Waals surface area contributed by atoms with Gasteiger partial charge in [0.15, 0.2) is 0 Å². The summed E-state index contributed by atoms with van der Waals surface area (Å²) in [6.07, 6.45) is 2.20. The third-order valence-corrected chi connectivity index (χ3v) is 7.94. The van der Waals surface area contributed by atoms with Crippen LogP contribution >= 0.6 is 11.8 Å². The van der Waals surface area contributed by atoms with E-state index < -0.39 is 23.0 Å². The molecule has 3 N–H and O–H groups in total. The van der Waals surface area contributed by atoms with E-state index in [1.54, 1.807) is 79.7 Å².